The molecule has 0 aromatic carbocycles. The third kappa shape index (κ3) is 13.5. The molecule has 4 aliphatic rings. The van der Waals surface area contributed by atoms with E-state index in [1.807, 2.05) is 63.9 Å². The van der Waals surface area contributed by atoms with Crippen LogP contribution in [0, 0.1) is 0 Å². The first-order chi connectivity index (χ1) is 22.6. The summed E-state index contributed by atoms with van der Waals surface area (Å²) in [6.45, 7) is 14.2. The molecular formula is C37H55N3O4S2. The third-order valence-corrected chi connectivity index (χ3v) is 9.60. The van der Waals surface area contributed by atoms with Gasteiger partial charge in [0, 0.05) is 41.6 Å². The molecule has 0 spiro atoms. The summed E-state index contributed by atoms with van der Waals surface area (Å²) >= 11 is 3.39. The lowest BCUT2D eigenvalue weighted by molar-refractivity contribution is -0.105. The number of hydrogen-bond donors (Lipinski definition) is 2. The summed E-state index contributed by atoms with van der Waals surface area (Å²) in [5.41, 5.74) is 4.02. The van der Waals surface area contributed by atoms with Gasteiger partial charge in [0.05, 0.1) is 19.3 Å². The van der Waals surface area contributed by atoms with E-state index >= 15 is 0 Å². The number of carbonyl (C=O) groups is 2. The van der Waals surface area contributed by atoms with Gasteiger partial charge in [0.2, 0.25) is 6.41 Å². The fourth-order valence-electron chi connectivity index (χ4n) is 5.13. The highest BCUT2D eigenvalue weighted by Gasteiger charge is 2.25. The van der Waals surface area contributed by atoms with Crippen molar-refractivity contribution in [1.29, 1.82) is 0 Å². The lowest BCUT2D eigenvalue weighted by Crippen LogP contribution is -2.25. The number of rotatable bonds is 7. The van der Waals surface area contributed by atoms with Gasteiger partial charge in [0.1, 0.15) is 10.8 Å². The molecule has 5 rings (SSSR count). The maximum Gasteiger partial charge on any atom is 0.258 e. The number of ether oxygens (including phenoxy) is 2. The zero-order valence-corrected chi connectivity index (χ0v) is 30.4. The van der Waals surface area contributed by atoms with Gasteiger partial charge >= 0.3 is 0 Å². The van der Waals surface area contributed by atoms with Crippen LogP contribution in [-0.2, 0) is 27.1 Å². The van der Waals surface area contributed by atoms with Gasteiger partial charge < -0.3 is 20.1 Å². The molecule has 0 unspecified atom stereocenters. The number of nitrogens with zero attached hydrogens (tertiary/aromatic N) is 1. The molecule has 3 aliphatic carbocycles. The van der Waals surface area contributed by atoms with Crippen LogP contribution in [0.15, 0.2) is 70.5 Å². The van der Waals surface area contributed by atoms with E-state index in [9.17, 15) is 9.59 Å². The molecule has 2 amide bonds. The van der Waals surface area contributed by atoms with Crippen molar-refractivity contribution < 1.29 is 19.1 Å². The van der Waals surface area contributed by atoms with Crippen LogP contribution < -0.4 is 10.6 Å². The summed E-state index contributed by atoms with van der Waals surface area (Å²) in [5, 5.41) is 6.38. The molecule has 1 saturated heterocycles. The van der Waals surface area contributed by atoms with Crippen molar-refractivity contribution in [3.8, 4) is 0 Å². The number of anilines is 1. The van der Waals surface area contributed by atoms with Crippen LogP contribution in [0.3, 0.4) is 0 Å². The van der Waals surface area contributed by atoms with Gasteiger partial charge in [-0.3, -0.25) is 9.59 Å². The van der Waals surface area contributed by atoms with Crippen LogP contribution in [-0.4, -0.2) is 50.0 Å². The maximum atomic E-state index is 12.9. The lowest BCUT2D eigenvalue weighted by Gasteiger charge is -2.23. The van der Waals surface area contributed by atoms with Gasteiger partial charge in [-0.2, -0.15) is 0 Å². The summed E-state index contributed by atoms with van der Waals surface area (Å²) in [6, 6.07) is 0. The van der Waals surface area contributed by atoms with Gasteiger partial charge in [-0.15, -0.1) is 11.3 Å². The third-order valence-electron chi connectivity index (χ3n) is 7.29. The Morgan fingerprint density at radius 3 is 2.61 bits per heavy atom. The molecule has 0 bridgehead atoms. The number of fused-ring (bicyclic) bond motifs is 1. The Morgan fingerprint density at radius 2 is 1.83 bits per heavy atom. The summed E-state index contributed by atoms with van der Waals surface area (Å²) < 4.78 is 13.2. The molecule has 0 radical (unpaired) electrons. The van der Waals surface area contributed by atoms with Crippen molar-refractivity contribution in [3.63, 3.8) is 0 Å². The van der Waals surface area contributed by atoms with Gasteiger partial charge in [-0.05, 0) is 100 Å². The molecule has 1 aromatic rings. The Bertz CT molecular complexity index is 1270. The topological polar surface area (TPSA) is 79.9 Å². The molecule has 1 aliphatic heterocycles. The van der Waals surface area contributed by atoms with Crippen molar-refractivity contribution >= 4 is 40.6 Å². The minimum absolute atomic E-state index is 0.139. The van der Waals surface area contributed by atoms with Crippen molar-refractivity contribution in [1.82, 2.24) is 9.62 Å². The maximum absolute atomic E-state index is 12.9. The van der Waals surface area contributed by atoms with Gasteiger partial charge in [-0.25, -0.2) is 4.31 Å². The van der Waals surface area contributed by atoms with E-state index in [0.717, 1.165) is 68.9 Å². The number of nitrogens with one attached hydrogen (secondary N) is 2. The monoisotopic (exact) mass is 669 g/mol. The standard InChI is InChI=1S/C19H22N2O3S.C14H21NOS.2C2H6/c1-24-14-8-4-6-13(7-5-9-14)21-18(23)17-15-10-2-3-11-16(15)25-19(17)20-12-22;1-13-6-2-3-7-14(12-13)17-15-8-4-5-10-16-11-9-15;2*1-2/h4,7-9,12H,2-3,5-6,10-11H2,1H3,(H,20,22)(H,21,23);2-3,7,12H,4-6,8-11H2,1H3;2*1-2H3/b8-4?,13-7+,14-9+;;;. The zero-order chi connectivity index (χ0) is 33.6. The first-order valence-corrected chi connectivity index (χ1v) is 18.5. The SMILES string of the molecule is CC.CC.CC1=CC(SN2CCCCOCC2)=CC=CC1.CO/C1=C/C/C=C(/NC(=O)c2c(NC=O)sc3c2CCCC3)CC=C1. The van der Waals surface area contributed by atoms with Crippen LogP contribution in [0.4, 0.5) is 5.00 Å². The van der Waals surface area contributed by atoms with Gasteiger partial charge in [0.15, 0.2) is 0 Å². The van der Waals surface area contributed by atoms with Gasteiger partial charge in [0.25, 0.3) is 5.91 Å². The molecule has 2 heterocycles. The average molecular weight is 670 g/mol. The second-order valence-corrected chi connectivity index (χ2v) is 12.8. The molecule has 0 atom stereocenters. The molecular weight excluding hydrogens is 615 g/mol. The van der Waals surface area contributed by atoms with E-state index in [0.29, 0.717) is 29.8 Å². The molecule has 46 heavy (non-hydrogen) atoms. The van der Waals surface area contributed by atoms with Crippen LogP contribution >= 0.6 is 23.3 Å². The number of allylic oxidation sites excluding steroid dienone is 9. The molecule has 2 N–H and O–H groups in total. The Morgan fingerprint density at radius 1 is 1.02 bits per heavy atom. The fourth-order valence-corrected chi connectivity index (χ4v) is 7.45. The molecule has 1 fully saturated rings. The van der Waals surface area contributed by atoms with Crippen molar-refractivity contribution in [2.24, 2.45) is 0 Å². The molecule has 9 heteroatoms. The summed E-state index contributed by atoms with van der Waals surface area (Å²) in [4.78, 5) is 26.4. The highest BCUT2D eigenvalue weighted by Crippen LogP contribution is 2.38. The highest BCUT2D eigenvalue weighted by molar-refractivity contribution is 8.01. The van der Waals surface area contributed by atoms with Gasteiger partial charge in [-0.1, -0.05) is 57.6 Å². The highest BCUT2D eigenvalue weighted by atomic mass is 32.2. The Balaban J connectivity index is 0.000000306. The lowest BCUT2D eigenvalue weighted by atomic mass is 9.95. The molecule has 254 valence electrons. The molecule has 7 nitrogen and oxygen atoms in total. The van der Waals surface area contributed by atoms with E-state index in [-0.39, 0.29) is 5.91 Å². The predicted molar refractivity (Wildman–Crippen MR) is 197 cm³/mol. The molecule has 1 aromatic heterocycles. The Hall–Kier alpha value is -2.85. The minimum Gasteiger partial charge on any atom is -0.497 e. The number of aryl methyl sites for hydroxylation is 1. The smallest absolute Gasteiger partial charge is 0.258 e. The second-order valence-electron chi connectivity index (χ2n) is 10.5. The first kappa shape index (κ1) is 39.3. The fraction of sp³-hybridized carbons (Fsp3) is 0.514. The number of carbonyl (C=O) groups excluding carboxylic acids is 2. The van der Waals surface area contributed by atoms with Crippen LogP contribution in [0.1, 0.15) is 100 Å². The summed E-state index contributed by atoms with van der Waals surface area (Å²) in [6.07, 6.45) is 26.3. The predicted octanol–water partition coefficient (Wildman–Crippen LogP) is 9.28. The van der Waals surface area contributed by atoms with E-state index < -0.39 is 0 Å². The zero-order valence-electron chi connectivity index (χ0n) is 28.8. The van der Waals surface area contributed by atoms with Crippen LogP contribution in [0.2, 0.25) is 0 Å². The van der Waals surface area contributed by atoms with E-state index in [4.69, 9.17) is 9.47 Å². The number of thiophene rings is 1. The Kier molecular flexibility index (Phi) is 20.1. The number of amides is 2. The minimum atomic E-state index is -0.139. The average Bonchev–Trinajstić information content (AvgIpc) is 3.29. The van der Waals surface area contributed by atoms with E-state index in [1.165, 1.54) is 46.1 Å². The number of methoxy groups -OCH3 is 1. The summed E-state index contributed by atoms with van der Waals surface area (Å²) in [5.74, 6) is 0.686. The van der Waals surface area contributed by atoms with Crippen LogP contribution in [0.5, 0.6) is 0 Å². The van der Waals surface area contributed by atoms with E-state index in [1.54, 1.807) is 7.11 Å². The van der Waals surface area contributed by atoms with Crippen molar-refractivity contribution in [2.45, 2.75) is 92.4 Å². The normalized spacial score (nSPS) is 20.2. The quantitative estimate of drug-likeness (QED) is 0.223. The van der Waals surface area contributed by atoms with Crippen molar-refractivity contribution in [3.05, 3.63) is 86.5 Å². The first-order valence-electron chi connectivity index (χ1n) is 16.9. The number of hydrogen-bond acceptors (Lipinski definition) is 7. The summed E-state index contributed by atoms with van der Waals surface area (Å²) in [7, 11) is 1.64. The van der Waals surface area contributed by atoms with Crippen molar-refractivity contribution in [2.75, 3.05) is 38.7 Å². The Labute approximate surface area is 286 Å². The second kappa shape index (κ2) is 23.5. The largest absolute Gasteiger partial charge is 0.497 e. The van der Waals surface area contributed by atoms with E-state index in [2.05, 4.69) is 46.2 Å². The van der Waals surface area contributed by atoms with Crippen LogP contribution in [0.25, 0.3) is 0 Å². The molecule has 0 saturated carbocycles.